The van der Waals surface area contributed by atoms with E-state index in [-0.39, 0.29) is 21.6 Å². The van der Waals surface area contributed by atoms with Crippen molar-refractivity contribution in [1.82, 2.24) is 4.98 Å². The van der Waals surface area contributed by atoms with Crippen molar-refractivity contribution in [2.75, 3.05) is 11.1 Å². The van der Waals surface area contributed by atoms with Gasteiger partial charge in [0.15, 0.2) is 0 Å². The van der Waals surface area contributed by atoms with Crippen molar-refractivity contribution in [2.24, 2.45) is 0 Å². The Hall–Kier alpha value is -1.49. The van der Waals surface area contributed by atoms with Gasteiger partial charge in [0.1, 0.15) is 5.15 Å². The fourth-order valence-corrected chi connectivity index (χ4v) is 2.12. The number of hydrogen-bond donors (Lipinski definition) is 2. The van der Waals surface area contributed by atoms with E-state index in [1.54, 1.807) is 19.1 Å². The van der Waals surface area contributed by atoms with Gasteiger partial charge in [-0.1, -0.05) is 34.8 Å². The number of aromatic nitrogens is 1. The summed E-state index contributed by atoms with van der Waals surface area (Å²) in [6.07, 6.45) is 0. The maximum absolute atomic E-state index is 12.1. The van der Waals surface area contributed by atoms with Gasteiger partial charge in [0.2, 0.25) is 0 Å². The standard InChI is InChI=1S/C13H10Cl3N3O/c1-6-10(2-3-11(15)18-6)19-13(20)7-4-8(14)12(16)9(17)5-7/h2-5H,17H2,1H3,(H,19,20). The molecule has 1 heterocycles. The Kier molecular flexibility index (Phi) is 4.38. The number of nitrogen functional groups attached to an aromatic ring is 1. The number of nitrogens with zero attached hydrogens (tertiary/aromatic N) is 1. The van der Waals surface area contributed by atoms with Gasteiger partial charge in [-0.05, 0) is 31.2 Å². The minimum absolute atomic E-state index is 0.225. The molecule has 0 aliphatic rings. The summed E-state index contributed by atoms with van der Waals surface area (Å²) in [6.45, 7) is 1.74. The van der Waals surface area contributed by atoms with Crippen LogP contribution in [0.3, 0.4) is 0 Å². The Morgan fingerprint density at radius 3 is 2.55 bits per heavy atom. The molecular weight excluding hydrogens is 321 g/mol. The molecule has 1 aromatic heterocycles. The molecule has 0 saturated heterocycles. The molecule has 0 spiro atoms. The molecular formula is C13H10Cl3N3O. The fourth-order valence-electron chi connectivity index (χ4n) is 1.60. The second-order valence-electron chi connectivity index (χ2n) is 4.08. The first-order chi connectivity index (χ1) is 9.38. The number of amides is 1. The quantitative estimate of drug-likeness (QED) is 0.641. The molecule has 4 nitrogen and oxygen atoms in total. The lowest BCUT2D eigenvalue weighted by atomic mass is 10.2. The van der Waals surface area contributed by atoms with Crippen LogP contribution in [0.25, 0.3) is 0 Å². The summed E-state index contributed by atoms with van der Waals surface area (Å²) in [4.78, 5) is 16.2. The molecule has 104 valence electrons. The van der Waals surface area contributed by atoms with Crippen molar-refractivity contribution in [3.63, 3.8) is 0 Å². The van der Waals surface area contributed by atoms with Crippen LogP contribution in [0.5, 0.6) is 0 Å². The van der Waals surface area contributed by atoms with Gasteiger partial charge in [0.25, 0.3) is 5.91 Å². The third-order valence-electron chi connectivity index (χ3n) is 2.62. The molecule has 0 radical (unpaired) electrons. The van der Waals surface area contributed by atoms with E-state index in [1.165, 1.54) is 12.1 Å². The van der Waals surface area contributed by atoms with E-state index in [0.29, 0.717) is 22.1 Å². The summed E-state index contributed by atoms with van der Waals surface area (Å²) in [6, 6.07) is 6.17. The van der Waals surface area contributed by atoms with Gasteiger partial charge >= 0.3 is 0 Å². The van der Waals surface area contributed by atoms with Crippen LogP contribution in [0.4, 0.5) is 11.4 Å². The van der Waals surface area contributed by atoms with Crippen LogP contribution < -0.4 is 11.1 Å². The molecule has 0 saturated carbocycles. The lowest BCUT2D eigenvalue weighted by Gasteiger charge is -2.09. The highest BCUT2D eigenvalue weighted by Crippen LogP contribution is 2.29. The van der Waals surface area contributed by atoms with Crippen LogP contribution in [0, 0.1) is 6.92 Å². The van der Waals surface area contributed by atoms with E-state index < -0.39 is 0 Å². The number of carbonyl (C=O) groups excluding carboxylic acids is 1. The molecule has 20 heavy (non-hydrogen) atoms. The van der Waals surface area contributed by atoms with Crippen LogP contribution in [-0.2, 0) is 0 Å². The van der Waals surface area contributed by atoms with Crippen molar-refractivity contribution in [2.45, 2.75) is 6.92 Å². The van der Waals surface area contributed by atoms with Crippen molar-refractivity contribution in [1.29, 1.82) is 0 Å². The lowest BCUT2D eigenvalue weighted by Crippen LogP contribution is -2.13. The van der Waals surface area contributed by atoms with E-state index >= 15 is 0 Å². The summed E-state index contributed by atoms with van der Waals surface area (Å²) in [5, 5.41) is 3.52. The predicted octanol–water partition coefficient (Wildman–Crippen LogP) is 4.18. The number of halogens is 3. The van der Waals surface area contributed by atoms with Gasteiger partial charge in [0, 0.05) is 5.56 Å². The summed E-state index contributed by atoms with van der Waals surface area (Å²) >= 11 is 17.5. The first-order valence-corrected chi connectivity index (χ1v) is 6.71. The average Bonchev–Trinajstić information content (AvgIpc) is 2.38. The Morgan fingerprint density at radius 2 is 1.95 bits per heavy atom. The van der Waals surface area contributed by atoms with E-state index in [9.17, 15) is 4.79 Å². The lowest BCUT2D eigenvalue weighted by molar-refractivity contribution is 0.102. The Balaban J connectivity index is 2.28. The SMILES string of the molecule is Cc1nc(Cl)ccc1NC(=O)c1cc(N)c(Cl)c(Cl)c1. The van der Waals surface area contributed by atoms with E-state index in [2.05, 4.69) is 10.3 Å². The van der Waals surface area contributed by atoms with Gasteiger partial charge in [-0.25, -0.2) is 4.98 Å². The largest absolute Gasteiger partial charge is 0.397 e. The predicted molar refractivity (Wildman–Crippen MR) is 82.8 cm³/mol. The molecule has 1 amide bonds. The number of benzene rings is 1. The molecule has 0 fully saturated rings. The molecule has 2 rings (SSSR count). The number of carbonyl (C=O) groups is 1. The smallest absolute Gasteiger partial charge is 0.255 e. The maximum atomic E-state index is 12.1. The molecule has 0 bridgehead atoms. The second-order valence-corrected chi connectivity index (χ2v) is 5.25. The zero-order valence-corrected chi connectivity index (χ0v) is 12.6. The van der Waals surface area contributed by atoms with Crippen molar-refractivity contribution < 1.29 is 4.79 Å². The number of rotatable bonds is 2. The Morgan fingerprint density at radius 1 is 1.25 bits per heavy atom. The van der Waals surface area contributed by atoms with Crippen molar-refractivity contribution in [3.8, 4) is 0 Å². The third kappa shape index (κ3) is 3.15. The molecule has 3 N–H and O–H groups in total. The number of anilines is 2. The van der Waals surface area contributed by atoms with Crippen molar-refractivity contribution >= 4 is 52.1 Å². The Labute approximate surface area is 130 Å². The minimum Gasteiger partial charge on any atom is -0.397 e. The van der Waals surface area contributed by atoms with Crippen LogP contribution in [-0.4, -0.2) is 10.9 Å². The number of nitrogens with two attached hydrogens (primary N) is 1. The average molecular weight is 331 g/mol. The molecule has 2 aromatic rings. The van der Waals surface area contributed by atoms with Gasteiger partial charge < -0.3 is 11.1 Å². The third-order valence-corrected chi connectivity index (χ3v) is 3.65. The molecule has 0 aliphatic carbocycles. The monoisotopic (exact) mass is 329 g/mol. The van der Waals surface area contributed by atoms with Crippen LogP contribution in [0.2, 0.25) is 15.2 Å². The molecule has 7 heteroatoms. The number of hydrogen-bond acceptors (Lipinski definition) is 3. The van der Waals surface area contributed by atoms with E-state index in [4.69, 9.17) is 40.5 Å². The first-order valence-electron chi connectivity index (χ1n) is 5.57. The highest BCUT2D eigenvalue weighted by molar-refractivity contribution is 6.44. The van der Waals surface area contributed by atoms with Gasteiger partial charge in [-0.15, -0.1) is 0 Å². The Bertz CT molecular complexity index is 666. The van der Waals surface area contributed by atoms with E-state index in [1.807, 2.05) is 0 Å². The first kappa shape index (κ1) is 14.9. The van der Waals surface area contributed by atoms with Gasteiger partial charge in [0.05, 0.1) is 27.1 Å². The van der Waals surface area contributed by atoms with Gasteiger partial charge in [-0.3, -0.25) is 4.79 Å². The zero-order chi connectivity index (χ0) is 14.9. The molecule has 0 atom stereocenters. The number of aryl methyl sites for hydroxylation is 1. The summed E-state index contributed by atoms with van der Waals surface area (Å²) < 4.78 is 0. The maximum Gasteiger partial charge on any atom is 0.255 e. The highest BCUT2D eigenvalue weighted by Gasteiger charge is 2.12. The summed E-state index contributed by atoms with van der Waals surface area (Å²) in [5.74, 6) is -0.359. The topological polar surface area (TPSA) is 68.0 Å². The number of pyridine rings is 1. The van der Waals surface area contributed by atoms with Gasteiger partial charge in [-0.2, -0.15) is 0 Å². The normalized spacial score (nSPS) is 10.4. The minimum atomic E-state index is -0.359. The zero-order valence-electron chi connectivity index (χ0n) is 10.4. The van der Waals surface area contributed by atoms with Crippen molar-refractivity contribution in [3.05, 3.63) is 50.7 Å². The molecule has 0 unspecified atom stereocenters. The molecule has 1 aromatic carbocycles. The second kappa shape index (κ2) is 5.87. The van der Waals surface area contributed by atoms with Crippen LogP contribution >= 0.6 is 34.8 Å². The van der Waals surface area contributed by atoms with Crippen LogP contribution in [0.1, 0.15) is 16.1 Å². The fraction of sp³-hybridized carbons (Fsp3) is 0.0769. The van der Waals surface area contributed by atoms with E-state index in [0.717, 1.165) is 0 Å². The highest BCUT2D eigenvalue weighted by atomic mass is 35.5. The summed E-state index contributed by atoms with van der Waals surface area (Å²) in [7, 11) is 0. The molecule has 0 aliphatic heterocycles. The number of nitrogens with one attached hydrogen (secondary N) is 1. The summed E-state index contributed by atoms with van der Waals surface area (Å²) in [5.41, 5.74) is 7.40. The van der Waals surface area contributed by atoms with Crippen LogP contribution in [0.15, 0.2) is 24.3 Å².